The number of benzene rings is 2. The number of carbonyl (C=O) groups excluding carboxylic acids is 1. The third-order valence-corrected chi connectivity index (χ3v) is 3.20. The summed E-state index contributed by atoms with van der Waals surface area (Å²) < 4.78 is 0. The summed E-state index contributed by atoms with van der Waals surface area (Å²) in [4.78, 5) is 19.7. The number of aromatic amines is 1. The second kappa shape index (κ2) is 5.26. The van der Waals surface area contributed by atoms with Crippen LogP contribution >= 0.6 is 0 Å². The highest BCUT2D eigenvalue weighted by atomic mass is 16.1. The standard InChI is InChI=1S/C15H15N5O/c1-9-6-7-11(20-16)10(8-9)14(21)19-15-17-12-4-2-3-5-13(12)18-15/h2-8,20H,16H2,1H3,(H2,17,18,19,21). The number of nitrogens with two attached hydrogens (primary N) is 1. The minimum absolute atomic E-state index is 0.272. The number of hydrazine groups is 1. The first-order valence-electron chi connectivity index (χ1n) is 6.51. The summed E-state index contributed by atoms with van der Waals surface area (Å²) in [5, 5.41) is 2.75. The van der Waals surface area contributed by atoms with Crippen molar-refractivity contribution in [3.05, 3.63) is 53.6 Å². The number of amides is 1. The van der Waals surface area contributed by atoms with Gasteiger partial charge in [-0.2, -0.15) is 0 Å². The fourth-order valence-corrected chi connectivity index (χ4v) is 2.16. The molecule has 0 saturated heterocycles. The molecular formula is C15H15N5O. The number of carbonyl (C=O) groups is 1. The molecule has 3 aromatic rings. The maximum Gasteiger partial charge on any atom is 0.260 e. The third-order valence-electron chi connectivity index (χ3n) is 3.20. The number of fused-ring (bicyclic) bond motifs is 1. The van der Waals surface area contributed by atoms with Gasteiger partial charge in [0.05, 0.1) is 22.3 Å². The summed E-state index contributed by atoms with van der Waals surface area (Å²) >= 11 is 0. The van der Waals surface area contributed by atoms with Crippen LogP contribution in [0.5, 0.6) is 0 Å². The topological polar surface area (TPSA) is 95.8 Å². The van der Waals surface area contributed by atoms with E-state index in [9.17, 15) is 4.79 Å². The second-order valence-electron chi connectivity index (χ2n) is 4.75. The van der Waals surface area contributed by atoms with Crippen LogP contribution in [-0.2, 0) is 0 Å². The zero-order chi connectivity index (χ0) is 14.8. The van der Waals surface area contributed by atoms with Gasteiger partial charge in [-0.25, -0.2) is 4.98 Å². The zero-order valence-electron chi connectivity index (χ0n) is 11.5. The van der Waals surface area contributed by atoms with Crippen molar-refractivity contribution in [3.63, 3.8) is 0 Å². The van der Waals surface area contributed by atoms with E-state index >= 15 is 0 Å². The van der Waals surface area contributed by atoms with Gasteiger partial charge in [0.15, 0.2) is 0 Å². The van der Waals surface area contributed by atoms with Crippen LogP contribution < -0.4 is 16.6 Å². The Morgan fingerprint density at radius 3 is 2.81 bits per heavy atom. The summed E-state index contributed by atoms with van der Waals surface area (Å²) in [6, 6.07) is 13.0. The van der Waals surface area contributed by atoms with Gasteiger partial charge in [-0.05, 0) is 31.2 Å². The Kier molecular flexibility index (Phi) is 3.29. The lowest BCUT2D eigenvalue weighted by atomic mass is 10.1. The highest BCUT2D eigenvalue weighted by Crippen LogP contribution is 2.19. The lowest BCUT2D eigenvalue weighted by Crippen LogP contribution is -2.18. The first-order chi connectivity index (χ1) is 10.2. The van der Waals surface area contributed by atoms with Gasteiger partial charge in [-0.3, -0.25) is 16.0 Å². The molecule has 0 unspecified atom stereocenters. The van der Waals surface area contributed by atoms with Crippen LogP contribution in [0.3, 0.4) is 0 Å². The van der Waals surface area contributed by atoms with Gasteiger partial charge in [-0.1, -0.05) is 23.8 Å². The van der Waals surface area contributed by atoms with E-state index in [1.54, 1.807) is 12.1 Å². The normalized spacial score (nSPS) is 10.6. The van der Waals surface area contributed by atoms with E-state index in [2.05, 4.69) is 20.7 Å². The molecule has 1 heterocycles. The van der Waals surface area contributed by atoms with Crippen LogP contribution in [0.2, 0.25) is 0 Å². The molecule has 0 saturated carbocycles. The van der Waals surface area contributed by atoms with Gasteiger partial charge < -0.3 is 10.4 Å². The van der Waals surface area contributed by atoms with E-state index < -0.39 is 0 Å². The lowest BCUT2D eigenvalue weighted by molar-refractivity contribution is 0.102. The lowest BCUT2D eigenvalue weighted by Gasteiger charge is -2.09. The maximum atomic E-state index is 12.4. The molecule has 0 bridgehead atoms. The van der Waals surface area contributed by atoms with Crippen LogP contribution in [0.4, 0.5) is 11.6 Å². The number of H-pyrrole nitrogens is 1. The quantitative estimate of drug-likeness (QED) is 0.438. The first kappa shape index (κ1) is 13.1. The Hall–Kier alpha value is -2.86. The second-order valence-corrected chi connectivity index (χ2v) is 4.75. The van der Waals surface area contributed by atoms with Crippen molar-refractivity contribution in [1.29, 1.82) is 0 Å². The number of imidazole rings is 1. The van der Waals surface area contributed by atoms with E-state index in [0.717, 1.165) is 16.6 Å². The fraction of sp³-hybridized carbons (Fsp3) is 0.0667. The minimum Gasteiger partial charge on any atom is -0.324 e. The van der Waals surface area contributed by atoms with Gasteiger partial charge in [0.2, 0.25) is 5.95 Å². The molecule has 3 rings (SSSR count). The number of hydrogen-bond acceptors (Lipinski definition) is 4. The average molecular weight is 281 g/mol. The van der Waals surface area contributed by atoms with Crippen molar-refractivity contribution in [2.75, 3.05) is 10.7 Å². The maximum absolute atomic E-state index is 12.4. The van der Waals surface area contributed by atoms with Crippen LogP contribution in [0.1, 0.15) is 15.9 Å². The van der Waals surface area contributed by atoms with Crippen molar-refractivity contribution in [1.82, 2.24) is 9.97 Å². The van der Waals surface area contributed by atoms with Crippen LogP contribution in [-0.4, -0.2) is 15.9 Å². The smallest absolute Gasteiger partial charge is 0.260 e. The number of nitrogens with one attached hydrogen (secondary N) is 3. The van der Waals surface area contributed by atoms with Crippen LogP contribution in [0.15, 0.2) is 42.5 Å². The summed E-state index contributed by atoms with van der Waals surface area (Å²) in [5.74, 6) is 5.58. The molecular weight excluding hydrogens is 266 g/mol. The predicted molar refractivity (Wildman–Crippen MR) is 83.0 cm³/mol. The van der Waals surface area contributed by atoms with E-state index in [1.807, 2.05) is 37.3 Å². The number of nitrogens with zero attached hydrogens (tertiary/aromatic N) is 1. The molecule has 6 heteroatoms. The molecule has 106 valence electrons. The summed E-state index contributed by atoms with van der Waals surface area (Å²) in [5.41, 5.74) is 6.20. The Morgan fingerprint density at radius 2 is 2.05 bits per heavy atom. The molecule has 2 aromatic carbocycles. The number of para-hydroxylation sites is 2. The molecule has 0 fully saturated rings. The Bertz CT molecular complexity index is 776. The van der Waals surface area contributed by atoms with Crippen molar-refractivity contribution in [2.45, 2.75) is 6.92 Å². The van der Waals surface area contributed by atoms with E-state index in [0.29, 0.717) is 17.2 Å². The third kappa shape index (κ3) is 2.56. The zero-order valence-corrected chi connectivity index (χ0v) is 11.5. The molecule has 1 amide bonds. The van der Waals surface area contributed by atoms with Gasteiger partial charge in [0, 0.05) is 0 Å². The van der Waals surface area contributed by atoms with Crippen molar-refractivity contribution in [3.8, 4) is 0 Å². The van der Waals surface area contributed by atoms with Gasteiger partial charge in [-0.15, -0.1) is 0 Å². The largest absolute Gasteiger partial charge is 0.324 e. The molecule has 0 aliphatic rings. The van der Waals surface area contributed by atoms with Crippen LogP contribution in [0, 0.1) is 6.92 Å². The number of rotatable bonds is 3. The van der Waals surface area contributed by atoms with Crippen LogP contribution in [0.25, 0.3) is 11.0 Å². The van der Waals surface area contributed by atoms with Gasteiger partial charge in [0.25, 0.3) is 5.91 Å². The van der Waals surface area contributed by atoms with Crippen molar-refractivity contribution < 1.29 is 4.79 Å². The molecule has 5 N–H and O–H groups in total. The summed E-state index contributed by atoms with van der Waals surface area (Å²) in [6.07, 6.45) is 0. The minimum atomic E-state index is -0.272. The number of aryl methyl sites for hydroxylation is 1. The molecule has 0 radical (unpaired) electrons. The van der Waals surface area contributed by atoms with E-state index in [4.69, 9.17) is 5.84 Å². The highest BCUT2D eigenvalue weighted by molar-refractivity contribution is 6.07. The number of nitrogen functional groups attached to an aromatic ring is 1. The van der Waals surface area contributed by atoms with E-state index in [1.165, 1.54) is 0 Å². The average Bonchev–Trinajstić information content (AvgIpc) is 2.89. The summed E-state index contributed by atoms with van der Waals surface area (Å²) in [6.45, 7) is 1.91. The van der Waals surface area contributed by atoms with Crippen molar-refractivity contribution >= 4 is 28.6 Å². The van der Waals surface area contributed by atoms with Gasteiger partial charge >= 0.3 is 0 Å². The molecule has 0 spiro atoms. The molecule has 6 nitrogen and oxygen atoms in total. The van der Waals surface area contributed by atoms with Gasteiger partial charge in [0.1, 0.15) is 0 Å². The molecule has 0 atom stereocenters. The fourth-order valence-electron chi connectivity index (χ4n) is 2.16. The Labute approximate surface area is 121 Å². The molecule has 21 heavy (non-hydrogen) atoms. The number of hydrogen-bond donors (Lipinski definition) is 4. The number of aromatic nitrogens is 2. The molecule has 0 aliphatic heterocycles. The monoisotopic (exact) mass is 281 g/mol. The van der Waals surface area contributed by atoms with Crippen molar-refractivity contribution in [2.24, 2.45) is 5.84 Å². The molecule has 1 aromatic heterocycles. The Balaban J connectivity index is 1.90. The Morgan fingerprint density at radius 1 is 1.24 bits per heavy atom. The predicted octanol–water partition coefficient (Wildman–Crippen LogP) is 2.41. The highest BCUT2D eigenvalue weighted by Gasteiger charge is 2.13. The van der Waals surface area contributed by atoms with E-state index in [-0.39, 0.29) is 5.91 Å². The molecule has 0 aliphatic carbocycles. The summed E-state index contributed by atoms with van der Waals surface area (Å²) in [7, 11) is 0. The number of anilines is 2. The SMILES string of the molecule is Cc1ccc(NN)c(C(=O)Nc2nc3ccccc3[nH]2)c1. The first-order valence-corrected chi connectivity index (χ1v) is 6.51.